The molecule has 0 aromatic carbocycles. The van der Waals surface area contributed by atoms with E-state index in [9.17, 15) is 0 Å². The SMILES string of the molecule is CC(N)c1ccnc(OC2CCOCC2)c1. The van der Waals surface area contributed by atoms with Crippen molar-refractivity contribution in [3.05, 3.63) is 23.9 Å². The van der Waals surface area contributed by atoms with Crippen molar-refractivity contribution in [3.63, 3.8) is 0 Å². The van der Waals surface area contributed by atoms with E-state index < -0.39 is 0 Å². The molecule has 1 atom stereocenters. The summed E-state index contributed by atoms with van der Waals surface area (Å²) < 4.78 is 11.1. The summed E-state index contributed by atoms with van der Waals surface area (Å²) in [5.74, 6) is 0.668. The van der Waals surface area contributed by atoms with E-state index in [2.05, 4.69) is 4.98 Å². The molecule has 4 heteroatoms. The lowest BCUT2D eigenvalue weighted by Crippen LogP contribution is -2.26. The molecule has 1 aromatic rings. The molecule has 1 saturated heterocycles. The Morgan fingerprint density at radius 1 is 1.50 bits per heavy atom. The fourth-order valence-electron chi connectivity index (χ4n) is 1.74. The molecule has 0 saturated carbocycles. The minimum atomic E-state index is 0.0139. The number of hydrogen-bond donors (Lipinski definition) is 1. The number of rotatable bonds is 3. The number of ether oxygens (including phenoxy) is 2. The van der Waals surface area contributed by atoms with Gasteiger partial charge in [0.1, 0.15) is 6.10 Å². The van der Waals surface area contributed by atoms with Crippen molar-refractivity contribution in [1.29, 1.82) is 0 Å². The molecule has 0 radical (unpaired) electrons. The van der Waals surface area contributed by atoms with Crippen LogP contribution in [0.5, 0.6) is 5.88 Å². The highest BCUT2D eigenvalue weighted by Gasteiger charge is 2.16. The minimum absolute atomic E-state index is 0.0139. The Labute approximate surface area is 95.8 Å². The van der Waals surface area contributed by atoms with Crippen LogP contribution >= 0.6 is 0 Å². The van der Waals surface area contributed by atoms with Crippen molar-refractivity contribution in [3.8, 4) is 5.88 Å². The summed E-state index contributed by atoms with van der Waals surface area (Å²) in [7, 11) is 0. The van der Waals surface area contributed by atoms with E-state index in [4.69, 9.17) is 15.2 Å². The molecule has 1 aliphatic heterocycles. The van der Waals surface area contributed by atoms with Crippen molar-refractivity contribution in [2.45, 2.75) is 31.9 Å². The molecule has 0 amide bonds. The maximum Gasteiger partial charge on any atom is 0.213 e. The van der Waals surface area contributed by atoms with E-state index >= 15 is 0 Å². The summed E-state index contributed by atoms with van der Waals surface area (Å²) in [6, 6.07) is 3.85. The predicted molar refractivity (Wildman–Crippen MR) is 61.3 cm³/mol. The van der Waals surface area contributed by atoms with Gasteiger partial charge in [0.2, 0.25) is 5.88 Å². The molecule has 2 heterocycles. The molecule has 0 aliphatic carbocycles. The smallest absolute Gasteiger partial charge is 0.213 e. The molecular formula is C12H18N2O2. The lowest BCUT2D eigenvalue weighted by Gasteiger charge is -2.23. The highest BCUT2D eigenvalue weighted by molar-refractivity contribution is 5.23. The van der Waals surface area contributed by atoms with Gasteiger partial charge < -0.3 is 15.2 Å². The van der Waals surface area contributed by atoms with Gasteiger partial charge in [-0.1, -0.05) is 0 Å². The molecule has 1 aliphatic rings. The molecule has 0 bridgehead atoms. The van der Waals surface area contributed by atoms with E-state index in [1.54, 1.807) is 6.20 Å². The maximum atomic E-state index is 5.81. The van der Waals surface area contributed by atoms with Crippen molar-refractivity contribution in [2.24, 2.45) is 5.73 Å². The van der Waals surface area contributed by atoms with Gasteiger partial charge in [-0.3, -0.25) is 0 Å². The first kappa shape index (κ1) is 11.4. The van der Waals surface area contributed by atoms with Gasteiger partial charge in [0.05, 0.1) is 13.2 Å². The second-order valence-corrected chi connectivity index (χ2v) is 4.15. The molecule has 2 rings (SSSR count). The zero-order valence-electron chi connectivity index (χ0n) is 9.56. The Morgan fingerprint density at radius 3 is 2.94 bits per heavy atom. The third-order valence-corrected chi connectivity index (χ3v) is 2.74. The first-order chi connectivity index (χ1) is 7.75. The van der Waals surface area contributed by atoms with Crippen molar-refractivity contribution < 1.29 is 9.47 Å². The van der Waals surface area contributed by atoms with Crippen LogP contribution in [0.1, 0.15) is 31.4 Å². The summed E-state index contributed by atoms with van der Waals surface area (Å²) in [5, 5.41) is 0. The third kappa shape index (κ3) is 2.93. The number of nitrogens with two attached hydrogens (primary N) is 1. The molecule has 2 N–H and O–H groups in total. The van der Waals surface area contributed by atoms with Crippen LogP contribution in [0.4, 0.5) is 0 Å². The largest absolute Gasteiger partial charge is 0.474 e. The quantitative estimate of drug-likeness (QED) is 0.845. The monoisotopic (exact) mass is 222 g/mol. The van der Waals surface area contributed by atoms with Crippen LogP contribution in [-0.4, -0.2) is 24.3 Å². The van der Waals surface area contributed by atoms with Gasteiger partial charge in [-0.15, -0.1) is 0 Å². The highest BCUT2D eigenvalue weighted by atomic mass is 16.5. The highest BCUT2D eigenvalue weighted by Crippen LogP contribution is 2.18. The molecule has 1 fully saturated rings. The Morgan fingerprint density at radius 2 is 2.25 bits per heavy atom. The Kier molecular flexibility index (Phi) is 3.74. The van der Waals surface area contributed by atoms with Gasteiger partial charge in [0.25, 0.3) is 0 Å². The molecule has 16 heavy (non-hydrogen) atoms. The topological polar surface area (TPSA) is 57.4 Å². The summed E-state index contributed by atoms with van der Waals surface area (Å²) in [6.07, 6.45) is 3.84. The normalized spacial score (nSPS) is 19.4. The van der Waals surface area contributed by atoms with Crippen molar-refractivity contribution in [1.82, 2.24) is 4.98 Å². The van der Waals surface area contributed by atoms with E-state index in [0.717, 1.165) is 31.6 Å². The average molecular weight is 222 g/mol. The fraction of sp³-hybridized carbons (Fsp3) is 0.583. The second kappa shape index (κ2) is 5.27. The number of nitrogens with zero attached hydrogens (tertiary/aromatic N) is 1. The fourth-order valence-corrected chi connectivity index (χ4v) is 1.74. The Balaban J connectivity index is 2.00. The summed E-state index contributed by atoms with van der Waals surface area (Å²) >= 11 is 0. The van der Waals surface area contributed by atoms with Crippen molar-refractivity contribution in [2.75, 3.05) is 13.2 Å². The van der Waals surface area contributed by atoms with Crippen LogP contribution in [-0.2, 0) is 4.74 Å². The van der Waals surface area contributed by atoms with E-state index in [0.29, 0.717) is 5.88 Å². The van der Waals surface area contributed by atoms with Gasteiger partial charge in [0.15, 0.2) is 0 Å². The minimum Gasteiger partial charge on any atom is -0.474 e. The van der Waals surface area contributed by atoms with Gasteiger partial charge >= 0.3 is 0 Å². The first-order valence-electron chi connectivity index (χ1n) is 5.71. The zero-order chi connectivity index (χ0) is 11.4. The number of pyridine rings is 1. The van der Waals surface area contributed by atoms with Crippen LogP contribution in [0.15, 0.2) is 18.3 Å². The summed E-state index contributed by atoms with van der Waals surface area (Å²) in [6.45, 7) is 3.50. The van der Waals surface area contributed by atoms with Crippen LogP contribution < -0.4 is 10.5 Å². The van der Waals surface area contributed by atoms with Gasteiger partial charge in [-0.25, -0.2) is 4.98 Å². The lowest BCUT2D eigenvalue weighted by atomic mass is 10.1. The van der Waals surface area contributed by atoms with Crippen LogP contribution in [0.3, 0.4) is 0 Å². The van der Waals surface area contributed by atoms with Crippen molar-refractivity contribution >= 4 is 0 Å². The zero-order valence-corrected chi connectivity index (χ0v) is 9.56. The van der Waals surface area contributed by atoms with E-state index in [1.807, 2.05) is 19.1 Å². The Bertz CT molecular complexity index is 336. The molecule has 0 spiro atoms. The summed E-state index contributed by atoms with van der Waals surface area (Å²) in [5.41, 5.74) is 6.87. The molecule has 1 unspecified atom stereocenters. The van der Waals surface area contributed by atoms with E-state index in [-0.39, 0.29) is 12.1 Å². The molecular weight excluding hydrogens is 204 g/mol. The number of hydrogen-bond acceptors (Lipinski definition) is 4. The molecule has 4 nitrogen and oxygen atoms in total. The second-order valence-electron chi connectivity index (χ2n) is 4.15. The standard InChI is InChI=1S/C12H18N2O2/c1-9(13)10-2-5-14-12(8-10)16-11-3-6-15-7-4-11/h2,5,8-9,11H,3-4,6-7,13H2,1H3. The van der Waals surface area contributed by atoms with Crippen LogP contribution in [0.25, 0.3) is 0 Å². The maximum absolute atomic E-state index is 5.81. The van der Waals surface area contributed by atoms with Crippen LogP contribution in [0.2, 0.25) is 0 Å². The molecule has 1 aromatic heterocycles. The molecule has 88 valence electrons. The summed E-state index contributed by atoms with van der Waals surface area (Å²) in [4.78, 5) is 4.20. The van der Waals surface area contributed by atoms with Gasteiger partial charge in [-0.05, 0) is 18.6 Å². The number of aromatic nitrogens is 1. The Hall–Kier alpha value is -1.13. The predicted octanol–water partition coefficient (Wildman–Crippen LogP) is 1.66. The third-order valence-electron chi connectivity index (χ3n) is 2.74. The van der Waals surface area contributed by atoms with Crippen LogP contribution in [0, 0.1) is 0 Å². The lowest BCUT2D eigenvalue weighted by molar-refractivity contribution is 0.0237. The van der Waals surface area contributed by atoms with E-state index in [1.165, 1.54) is 0 Å². The first-order valence-corrected chi connectivity index (χ1v) is 5.71. The van der Waals surface area contributed by atoms with Gasteiger partial charge in [0, 0.05) is 31.1 Å². The van der Waals surface area contributed by atoms with Gasteiger partial charge in [-0.2, -0.15) is 0 Å². The average Bonchev–Trinajstić information content (AvgIpc) is 2.30.